The maximum Gasteiger partial charge on any atom is 0.271 e. The fraction of sp³-hybridized carbons (Fsp3) is 0.368. The van der Waals surface area contributed by atoms with Crippen LogP contribution in [0.25, 0.3) is 11.3 Å². The van der Waals surface area contributed by atoms with Crippen molar-refractivity contribution in [2.75, 3.05) is 36.9 Å². The van der Waals surface area contributed by atoms with Crippen LogP contribution in [-0.2, 0) is 4.79 Å². The Labute approximate surface area is 157 Å². The molecule has 0 saturated carbocycles. The van der Waals surface area contributed by atoms with Gasteiger partial charge < -0.3 is 20.1 Å². The van der Waals surface area contributed by atoms with Crippen LogP contribution in [-0.4, -0.2) is 58.5 Å². The quantitative estimate of drug-likeness (QED) is 0.719. The summed E-state index contributed by atoms with van der Waals surface area (Å²) < 4.78 is 0. The number of anilines is 2. The minimum Gasteiger partial charge on any atom is -0.372 e. The monoisotopic (exact) mass is 368 g/mol. The number of nitrogens with zero attached hydrogens (tertiary/aromatic N) is 4. The third-order valence-electron chi connectivity index (χ3n) is 4.63. The van der Waals surface area contributed by atoms with Gasteiger partial charge >= 0.3 is 0 Å². The molecule has 1 aliphatic heterocycles. The molecule has 0 atom stereocenters. The molecule has 1 fully saturated rings. The van der Waals surface area contributed by atoms with E-state index in [1.165, 1.54) is 6.08 Å². The fourth-order valence-corrected chi connectivity index (χ4v) is 3.16. The average Bonchev–Trinajstić information content (AvgIpc) is 2.66. The third-order valence-corrected chi connectivity index (χ3v) is 4.63. The molecule has 2 N–H and O–H groups in total. The van der Waals surface area contributed by atoms with Gasteiger partial charge in [-0.25, -0.2) is 4.98 Å². The zero-order valence-corrected chi connectivity index (χ0v) is 15.6. The van der Waals surface area contributed by atoms with E-state index in [0.717, 1.165) is 18.5 Å². The molecule has 1 amide bonds. The SMILES string of the molecule is C=CC(=O)N1CC(N(CCC)c2cc(-c3cncc(NC)n3)c[nH]c2=O)C1. The summed E-state index contributed by atoms with van der Waals surface area (Å²) in [6.45, 7) is 7.50. The Morgan fingerprint density at radius 2 is 2.26 bits per heavy atom. The molecule has 27 heavy (non-hydrogen) atoms. The summed E-state index contributed by atoms with van der Waals surface area (Å²) in [5.41, 5.74) is 1.89. The zero-order valence-electron chi connectivity index (χ0n) is 15.6. The minimum absolute atomic E-state index is 0.0792. The van der Waals surface area contributed by atoms with Gasteiger partial charge in [0.1, 0.15) is 11.5 Å². The van der Waals surface area contributed by atoms with Crippen molar-refractivity contribution >= 4 is 17.4 Å². The van der Waals surface area contributed by atoms with Gasteiger partial charge in [-0.15, -0.1) is 0 Å². The summed E-state index contributed by atoms with van der Waals surface area (Å²) in [5.74, 6) is 0.577. The Bertz CT molecular complexity index is 888. The summed E-state index contributed by atoms with van der Waals surface area (Å²) >= 11 is 0. The van der Waals surface area contributed by atoms with Gasteiger partial charge in [0, 0.05) is 38.4 Å². The number of carbonyl (C=O) groups is 1. The molecule has 0 aliphatic carbocycles. The van der Waals surface area contributed by atoms with Crippen molar-refractivity contribution in [3.8, 4) is 11.3 Å². The lowest BCUT2D eigenvalue weighted by atomic mass is 10.0. The van der Waals surface area contributed by atoms with Crippen LogP contribution >= 0.6 is 0 Å². The van der Waals surface area contributed by atoms with Gasteiger partial charge in [0.2, 0.25) is 5.91 Å². The summed E-state index contributed by atoms with van der Waals surface area (Å²) in [5, 5.41) is 2.96. The van der Waals surface area contributed by atoms with Crippen LogP contribution < -0.4 is 15.8 Å². The third kappa shape index (κ3) is 3.84. The first-order valence-corrected chi connectivity index (χ1v) is 8.98. The lowest BCUT2D eigenvalue weighted by molar-refractivity contribution is -0.130. The van der Waals surface area contributed by atoms with Crippen LogP contribution in [0.5, 0.6) is 0 Å². The summed E-state index contributed by atoms with van der Waals surface area (Å²) in [7, 11) is 1.78. The van der Waals surface area contributed by atoms with Crippen LogP contribution in [0.3, 0.4) is 0 Å². The van der Waals surface area contributed by atoms with E-state index >= 15 is 0 Å². The number of hydrogen-bond acceptors (Lipinski definition) is 6. The highest BCUT2D eigenvalue weighted by Gasteiger charge is 2.34. The molecule has 0 unspecified atom stereocenters. The number of likely N-dealkylation sites (tertiary alicyclic amines) is 1. The predicted octanol–water partition coefficient (Wildman–Crippen LogP) is 1.49. The fourth-order valence-electron chi connectivity index (χ4n) is 3.16. The molecule has 8 heteroatoms. The van der Waals surface area contributed by atoms with Crippen molar-refractivity contribution < 1.29 is 4.79 Å². The van der Waals surface area contributed by atoms with Crippen molar-refractivity contribution in [1.29, 1.82) is 0 Å². The first-order chi connectivity index (χ1) is 13.1. The maximum absolute atomic E-state index is 12.5. The van der Waals surface area contributed by atoms with E-state index in [1.54, 1.807) is 30.5 Å². The summed E-state index contributed by atoms with van der Waals surface area (Å²) in [6, 6.07) is 1.95. The first kappa shape index (κ1) is 18.6. The Balaban J connectivity index is 1.90. The zero-order chi connectivity index (χ0) is 19.4. The molecule has 0 bridgehead atoms. The van der Waals surface area contributed by atoms with Gasteiger partial charge in [-0.2, -0.15) is 0 Å². The molecular weight excluding hydrogens is 344 g/mol. The highest BCUT2D eigenvalue weighted by Crippen LogP contribution is 2.25. The second kappa shape index (κ2) is 8.03. The second-order valence-corrected chi connectivity index (χ2v) is 6.44. The molecule has 2 aromatic rings. The Morgan fingerprint density at radius 1 is 1.48 bits per heavy atom. The number of nitrogens with one attached hydrogen (secondary N) is 2. The van der Waals surface area contributed by atoms with Gasteiger partial charge in [-0.05, 0) is 18.6 Å². The van der Waals surface area contributed by atoms with Gasteiger partial charge in [0.05, 0.1) is 24.1 Å². The Morgan fingerprint density at radius 3 is 2.93 bits per heavy atom. The Kier molecular flexibility index (Phi) is 5.54. The maximum atomic E-state index is 12.5. The van der Waals surface area contributed by atoms with E-state index in [0.29, 0.717) is 30.3 Å². The van der Waals surface area contributed by atoms with Gasteiger partial charge in [-0.1, -0.05) is 13.5 Å². The molecule has 0 radical (unpaired) electrons. The van der Waals surface area contributed by atoms with Gasteiger partial charge in [-0.3, -0.25) is 14.6 Å². The van der Waals surface area contributed by atoms with Crippen molar-refractivity contribution in [1.82, 2.24) is 19.9 Å². The molecule has 2 aromatic heterocycles. The number of rotatable bonds is 7. The number of pyridine rings is 1. The normalized spacial score (nSPS) is 13.8. The number of hydrogen-bond donors (Lipinski definition) is 2. The Hall–Kier alpha value is -3.16. The molecule has 1 saturated heterocycles. The number of amides is 1. The average molecular weight is 368 g/mol. The first-order valence-electron chi connectivity index (χ1n) is 8.98. The minimum atomic E-state index is -0.154. The van der Waals surface area contributed by atoms with E-state index in [4.69, 9.17) is 0 Å². The number of carbonyl (C=O) groups excluding carboxylic acids is 1. The van der Waals surface area contributed by atoms with Crippen molar-refractivity contribution in [2.45, 2.75) is 19.4 Å². The van der Waals surface area contributed by atoms with Gasteiger partial charge in [0.25, 0.3) is 5.56 Å². The van der Waals surface area contributed by atoms with E-state index in [9.17, 15) is 9.59 Å². The van der Waals surface area contributed by atoms with Crippen molar-refractivity contribution in [3.63, 3.8) is 0 Å². The predicted molar refractivity (Wildman–Crippen MR) is 106 cm³/mol. The molecule has 3 heterocycles. The largest absolute Gasteiger partial charge is 0.372 e. The van der Waals surface area contributed by atoms with Gasteiger partial charge in [0.15, 0.2) is 0 Å². The van der Waals surface area contributed by atoms with Crippen LogP contribution in [0.15, 0.2) is 42.1 Å². The lowest BCUT2D eigenvalue weighted by Gasteiger charge is -2.45. The lowest BCUT2D eigenvalue weighted by Crippen LogP contribution is -2.61. The van der Waals surface area contributed by atoms with Crippen LogP contribution in [0.4, 0.5) is 11.5 Å². The number of aromatic amines is 1. The van der Waals surface area contributed by atoms with E-state index < -0.39 is 0 Å². The number of aromatic nitrogens is 3. The van der Waals surface area contributed by atoms with Crippen molar-refractivity contribution in [2.24, 2.45) is 0 Å². The molecule has 1 aliphatic rings. The van der Waals surface area contributed by atoms with E-state index in [-0.39, 0.29) is 17.5 Å². The van der Waals surface area contributed by atoms with E-state index in [1.807, 2.05) is 6.07 Å². The molecule has 3 rings (SSSR count). The smallest absolute Gasteiger partial charge is 0.271 e. The summed E-state index contributed by atoms with van der Waals surface area (Å²) in [6.07, 6.45) is 7.16. The van der Waals surface area contributed by atoms with Crippen LogP contribution in [0, 0.1) is 0 Å². The van der Waals surface area contributed by atoms with Crippen molar-refractivity contribution in [3.05, 3.63) is 47.7 Å². The molecular formula is C19H24N6O2. The number of H-pyrrole nitrogens is 1. The van der Waals surface area contributed by atoms with Crippen LogP contribution in [0.2, 0.25) is 0 Å². The molecule has 0 aromatic carbocycles. The molecule has 0 spiro atoms. The molecule has 142 valence electrons. The highest BCUT2D eigenvalue weighted by atomic mass is 16.2. The summed E-state index contributed by atoms with van der Waals surface area (Å²) in [4.78, 5) is 39.5. The molecule has 8 nitrogen and oxygen atoms in total. The highest BCUT2D eigenvalue weighted by molar-refractivity contribution is 5.87. The second-order valence-electron chi connectivity index (χ2n) is 6.44. The van der Waals surface area contributed by atoms with Crippen LogP contribution in [0.1, 0.15) is 13.3 Å². The standard InChI is InChI=1S/C19H24N6O2/c1-4-6-25(14-11-24(12-14)18(26)5-2)16-7-13(8-22-19(16)27)15-9-21-10-17(20-3)23-15/h5,7-10,14H,2,4,6,11-12H2,1,3H3,(H,20,23)(H,22,27). The topological polar surface area (TPSA) is 94.2 Å². The van der Waals surface area contributed by atoms with E-state index in [2.05, 4.69) is 38.7 Å².